The van der Waals surface area contributed by atoms with E-state index >= 15 is 0 Å². The van der Waals surface area contributed by atoms with Crippen molar-refractivity contribution >= 4 is 29.5 Å². The lowest BCUT2D eigenvalue weighted by atomic mass is 10.2. The van der Waals surface area contributed by atoms with Crippen molar-refractivity contribution in [2.45, 2.75) is 47.7 Å². The van der Waals surface area contributed by atoms with E-state index in [4.69, 9.17) is 4.74 Å². The van der Waals surface area contributed by atoms with Crippen LogP contribution in [-0.4, -0.2) is 32.6 Å². The monoisotopic (exact) mass is 314 g/mol. The van der Waals surface area contributed by atoms with E-state index in [1.54, 1.807) is 32.7 Å². The van der Waals surface area contributed by atoms with Crippen molar-refractivity contribution in [3.8, 4) is 0 Å². The van der Waals surface area contributed by atoms with Gasteiger partial charge in [0.15, 0.2) is 5.16 Å². The molecule has 110 valence electrons. The summed E-state index contributed by atoms with van der Waals surface area (Å²) in [6.07, 6.45) is 0.803. The second kappa shape index (κ2) is 6.22. The van der Waals surface area contributed by atoms with Gasteiger partial charge in [-0.25, -0.2) is 4.98 Å². The third-order valence-electron chi connectivity index (χ3n) is 2.98. The number of hydrogen-bond acceptors (Lipinski definition) is 6. The molecule has 20 heavy (non-hydrogen) atoms. The molecule has 0 aliphatic carbocycles. The molecule has 0 saturated carbocycles. The van der Waals surface area contributed by atoms with Crippen LogP contribution in [0.1, 0.15) is 26.5 Å². The van der Waals surface area contributed by atoms with Crippen molar-refractivity contribution in [2.24, 2.45) is 7.05 Å². The van der Waals surface area contributed by atoms with Crippen molar-refractivity contribution < 1.29 is 9.53 Å². The van der Waals surface area contributed by atoms with Crippen LogP contribution in [0.4, 0.5) is 0 Å². The van der Waals surface area contributed by atoms with E-state index in [9.17, 15) is 9.59 Å². The molecular weight excluding hydrogens is 296 g/mol. The molecule has 1 aliphatic heterocycles. The Kier molecular flexibility index (Phi) is 4.80. The largest absolute Gasteiger partial charge is 0.465 e. The number of thioether (sulfide) groups is 2. The van der Waals surface area contributed by atoms with Gasteiger partial charge in [-0.05, 0) is 13.8 Å². The maximum atomic E-state index is 12.3. The summed E-state index contributed by atoms with van der Waals surface area (Å²) in [7, 11) is 1.69. The lowest BCUT2D eigenvalue weighted by Gasteiger charge is -2.13. The number of fused-ring (bicyclic) bond motifs is 1. The Morgan fingerprint density at radius 2 is 2.35 bits per heavy atom. The van der Waals surface area contributed by atoms with E-state index in [0.717, 1.165) is 17.0 Å². The van der Waals surface area contributed by atoms with Gasteiger partial charge in [0, 0.05) is 18.7 Å². The second-order valence-electron chi connectivity index (χ2n) is 4.68. The van der Waals surface area contributed by atoms with Crippen LogP contribution in [0.3, 0.4) is 0 Å². The fourth-order valence-corrected chi connectivity index (χ4v) is 3.98. The van der Waals surface area contributed by atoms with Gasteiger partial charge in [0.1, 0.15) is 5.25 Å². The molecule has 0 saturated heterocycles. The first-order chi connectivity index (χ1) is 9.43. The number of carbonyl (C=O) groups is 1. The van der Waals surface area contributed by atoms with Crippen LogP contribution in [0, 0.1) is 0 Å². The number of aromatic nitrogens is 2. The third kappa shape index (κ3) is 3.03. The minimum Gasteiger partial charge on any atom is -0.465 e. The average Bonchev–Trinajstić information content (AvgIpc) is 2.76. The fraction of sp³-hybridized carbons (Fsp3) is 0.615. The number of hydrogen-bond donors (Lipinski definition) is 0. The number of carbonyl (C=O) groups excluding carboxylic acids is 1. The van der Waals surface area contributed by atoms with Gasteiger partial charge in [0.05, 0.1) is 17.2 Å². The smallest absolute Gasteiger partial charge is 0.319 e. The summed E-state index contributed by atoms with van der Waals surface area (Å²) in [6, 6.07) is 0. The third-order valence-corrected chi connectivity index (χ3v) is 5.32. The van der Waals surface area contributed by atoms with Crippen molar-refractivity contribution in [3.63, 3.8) is 0 Å². The number of rotatable bonds is 4. The molecule has 2 heterocycles. The highest BCUT2D eigenvalue weighted by molar-refractivity contribution is 8.00. The molecule has 7 heteroatoms. The van der Waals surface area contributed by atoms with Gasteiger partial charge >= 0.3 is 5.97 Å². The Morgan fingerprint density at radius 3 is 3.00 bits per heavy atom. The van der Waals surface area contributed by atoms with Gasteiger partial charge in [-0.15, -0.1) is 11.8 Å². The first kappa shape index (κ1) is 15.4. The van der Waals surface area contributed by atoms with Gasteiger partial charge < -0.3 is 4.74 Å². The van der Waals surface area contributed by atoms with Gasteiger partial charge in [-0.2, -0.15) is 0 Å². The Labute approximate surface area is 126 Å². The molecule has 2 rings (SSSR count). The minimum absolute atomic E-state index is 0.0251. The highest BCUT2D eigenvalue weighted by atomic mass is 32.2. The summed E-state index contributed by atoms with van der Waals surface area (Å²) in [6.45, 7) is 5.98. The predicted molar refractivity (Wildman–Crippen MR) is 80.5 cm³/mol. The molecule has 0 spiro atoms. The van der Waals surface area contributed by atoms with Crippen LogP contribution in [0.2, 0.25) is 0 Å². The summed E-state index contributed by atoms with van der Waals surface area (Å²) < 4.78 is 6.49. The van der Waals surface area contributed by atoms with Crippen LogP contribution < -0.4 is 5.56 Å². The average molecular weight is 314 g/mol. The first-order valence-corrected chi connectivity index (χ1v) is 8.29. The maximum Gasteiger partial charge on any atom is 0.319 e. The molecule has 0 amide bonds. The van der Waals surface area contributed by atoms with Crippen LogP contribution >= 0.6 is 23.5 Å². The Hall–Kier alpha value is -0.950. The minimum atomic E-state index is -0.377. The summed E-state index contributed by atoms with van der Waals surface area (Å²) in [4.78, 5) is 29.2. The molecule has 0 N–H and O–H groups in total. The summed E-state index contributed by atoms with van der Waals surface area (Å²) >= 11 is 2.84. The summed E-state index contributed by atoms with van der Waals surface area (Å²) in [5, 5.41) is 0.578. The molecule has 0 aromatic carbocycles. The zero-order valence-corrected chi connectivity index (χ0v) is 13.6. The zero-order valence-electron chi connectivity index (χ0n) is 12.0. The molecule has 0 unspecified atom stereocenters. The van der Waals surface area contributed by atoms with Gasteiger partial charge in [-0.3, -0.25) is 14.2 Å². The van der Waals surface area contributed by atoms with Crippen molar-refractivity contribution in [1.82, 2.24) is 9.55 Å². The van der Waals surface area contributed by atoms with Crippen LogP contribution in [-0.2, 0) is 23.0 Å². The zero-order chi connectivity index (χ0) is 14.9. The summed E-state index contributed by atoms with van der Waals surface area (Å²) in [5.41, 5.74) is 0.826. The molecule has 2 atom stereocenters. The maximum absolute atomic E-state index is 12.3. The van der Waals surface area contributed by atoms with Crippen molar-refractivity contribution in [3.05, 3.63) is 16.0 Å². The molecular formula is C13H18N2O3S2. The molecule has 1 aliphatic rings. The SMILES string of the molecule is CCOC(=O)[C@H](C)Sc1nc2c(c(=O)n1C)S[C@H](C)C2. The summed E-state index contributed by atoms with van der Waals surface area (Å²) in [5.74, 6) is -0.282. The fourth-order valence-electron chi connectivity index (χ4n) is 1.95. The highest BCUT2D eigenvalue weighted by Crippen LogP contribution is 2.34. The molecule has 0 radical (unpaired) electrons. The van der Waals surface area contributed by atoms with Gasteiger partial charge in [0.25, 0.3) is 5.56 Å². The lowest BCUT2D eigenvalue weighted by molar-refractivity contribution is -0.142. The highest BCUT2D eigenvalue weighted by Gasteiger charge is 2.26. The normalized spacial score (nSPS) is 18.7. The number of ether oxygens (including phenoxy) is 1. The number of esters is 1. The molecule has 0 bridgehead atoms. The first-order valence-electron chi connectivity index (χ1n) is 6.53. The Morgan fingerprint density at radius 1 is 1.65 bits per heavy atom. The van der Waals surface area contributed by atoms with E-state index in [1.165, 1.54) is 16.3 Å². The van der Waals surface area contributed by atoms with Gasteiger partial charge in [0.2, 0.25) is 0 Å². The lowest BCUT2D eigenvalue weighted by Crippen LogP contribution is -2.24. The molecule has 1 aromatic heterocycles. The molecule has 1 aromatic rings. The van der Waals surface area contributed by atoms with E-state index in [1.807, 2.05) is 0 Å². The predicted octanol–water partition coefficient (Wildman–Crippen LogP) is 1.86. The number of nitrogens with zero attached hydrogens (tertiary/aromatic N) is 2. The van der Waals surface area contributed by atoms with Crippen LogP contribution in [0.15, 0.2) is 14.8 Å². The van der Waals surface area contributed by atoms with Gasteiger partial charge in [-0.1, -0.05) is 18.7 Å². The second-order valence-corrected chi connectivity index (χ2v) is 7.44. The van der Waals surface area contributed by atoms with E-state index in [2.05, 4.69) is 11.9 Å². The molecule has 5 nitrogen and oxygen atoms in total. The standard InChI is InChI=1S/C13H18N2O3S2/c1-5-18-12(17)8(3)20-13-14-9-6-7(2)19-10(9)11(16)15(13)4/h7-8H,5-6H2,1-4H3/t7-,8+/m1/s1. The Balaban J connectivity index is 2.26. The van der Waals surface area contributed by atoms with E-state index in [0.29, 0.717) is 17.0 Å². The van der Waals surface area contributed by atoms with Crippen LogP contribution in [0.5, 0.6) is 0 Å². The van der Waals surface area contributed by atoms with Crippen LogP contribution in [0.25, 0.3) is 0 Å². The topological polar surface area (TPSA) is 61.2 Å². The molecule has 0 fully saturated rings. The van der Waals surface area contributed by atoms with Crippen molar-refractivity contribution in [1.29, 1.82) is 0 Å². The Bertz CT molecular complexity index is 586. The van der Waals surface area contributed by atoms with Crippen molar-refractivity contribution in [2.75, 3.05) is 6.61 Å². The van der Waals surface area contributed by atoms with E-state index < -0.39 is 0 Å². The van der Waals surface area contributed by atoms with E-state index in [-0.39, 0.29) is 16.8 Å². The quantitative estimate of drug-likeness (QED) is 0.480.